The van der Waals surface area contributed by atoms with Crippen LogP contribution in [0.5, 0.6) is 0 Å². The zero-order valence-electron chi connectivity index (χ0n) is 10.3. The molecule has 1 unspecified atom stereocenters. The van der Waals surface area contributed by atoms with Crippen molar-refractivity contribution in [2.75, 3.05) is 7.05 Å². The summed E-state index contributed by atoms with van der Waals surface area (Å²) in [4.78, 5) is 5.83. The quantitative estimate of drug-likeness (QED) is 0.827. The molecule has 1 N–H and O–H groups in total. The summed E-state index contributed by atoms with van der Waals surface area (Å²) >= 11 is 0. The minimum Gasteiger partial charge on any atom is -0.311 e. The van der Waals surface area contributed by atoms with Crippen LogP contribution in [0.4, 0.5) is 0 Å². The van der Waals surface area contributed by atoms with Crippen molar-refractivity contribution < 1.29 is 0 Å². The molecule has 0 bridgehead atoms. The normalized spacial score (nSPS) is 12.6. The highest BCUT2D eigenvalue weighted by molar-refractivity contribution is 5.18. The van der Waals surface area contributed by atoms with Crippen LogP contribution >= 0.6 is 0 Å². The van der Waals surface area contributed by atoms with Crippen molar-refractivity contribution in [1.82, 2.24) is 30.5 Å². The number of nitrogens with one attached hydrogen (secondary N) is 1. The van der Waals surface area contributed by atoms with Gasteiger partial charge in [0.2, 0.25) is 0 Å². The minimum absolute atomic E-state index is 0.110. The lowest BCUT2D eigenvalue weighted by Gasteiger charge is -2.13. The molecule has 0 fully saturated rings. The summed E-state index contributed by atoms with van der Waals surface area (Å²) in [5.41, 5.74) is 2.20. The summed E-state index contributed by atoms with van der Waals surface area (Å²) in [6, 6.07) is 4.16. The molecule has 0 spiro atoms. The molecule has 6 heteroatoms. The predicted molar refractivity (Wildman–Crippen MR) is 63.3 cm³/mol. The molecule has 0 aliphatic rings. The number of aryl methyl sites for hydroxylation is 2. The Morgan fingerprint density at radius 3 is 2.88 bits per heavy atom. The lowest BCUT2D eigenvalue weighted by atomic mass is 10.1. The Morgan fingerprint density at radius 2 is 2.29 bits per heavy atom. The van der Waals surface area contributed by atoms with Gasteiger partial charge in [0.05, 0.1) is 18.8 Å². The molecular formula is C11H16N6. The third-order valence-electron chi connectivity index (χ3n) is 2.58. The van der Waals surface area contributed by atoms with Crippen LogP contribution < -0.4 is 5.32 Å². The van der Waals surface area contributed by atoms with Crippen molar-refractivity contribution >= 4 is 0 Å². The van der Waals surface area contributed by atoms with Gasteiger partial charge in [0.15, 0.2) is 5.82 Å². The van der Waals surface area contributed by atoms with E-state index in [9.17, 15) is 0 Å². The van der Waals surface area contributed by atoms with Gasteiger partial charge in [-0.25, -0.2) is 0 Å². The molecular weight excluding hydrogens is 216 g/mol. The van der Waals surface area contributed by atoms with Crippen molar-refractivity contribution in [3.8, 4) is 0 Å². The highest BCUT2D eigenvalue weighted by Gasteiger charge is 2.14. The fraction of sp³-hybridized carbons (Fsp3) is 0.455. The number of nitrogens with zero attached hydrogens (tertiary/aromatic N) is 5. The molecule has 0 aliphatic heterocycles. The van der Waals surface area contributed by atoms with Gasteiger partial charge in [-0.15, -0.1) is 10.2 Å². The van der Waals surface area contributed by atoms with Gasteiger partial charge in [-0.2, -0.15) is 4.80 Å². The zero-order chi connectivity index (χ0) is 12.3. The molecule has 0 aliphatic carbocycles. The summed E-state index contributed by atoms with van der Waals surface area (Å²) in [6.07, 6.45) is 2.50. The molecule has 90 valence electrons. The molecule has 2 rings (SSSR count). The number of rotatable bonds is 4. The largest absolute Gasteiger partial charge is 0.311 e. The van der Waals surface area contributed by atoms with E-state index in [1.54, 1.807) is 7.05 Å². The third kappa shape index (κ3) is 2.85. The molecule has 0 saturated carbocycles. The van der Waals surface area contributed by atoms with Crippen LogP contribution in [0.2, 0.25) is 0 Å². The van der Waals surface area contributed by atoms with Gasteiger partial charge >= 0.3 is 0 Å². The average molecular weight is 232 g/mol. The first-order valence-corrected chi connectivity index (χ1v) is 5.51. The maximum atomic E-state index is 4.37. The number of hydrogen-bond acceptors (Lipinski definition) is 5. The Bertz CT molecular complexity index is 492. The second kappa shape index (κ2) is 5.01. The van der Waals surface area contributed by atoms with E-state index in [1.165, 1.54) is 10.4 Å². The maximum Gasteiger partial charge on any atom is 0.176 e. The first kappa shape index (κ1) is 11.7. The van der Waals surface area contributed by atoms with Crippen LogP contribution in [0.3, 0.4) is 0 Å². The first-order chi connectivity index (χ1) is 8.19. The number of tetrazole rings is 1. The Labute approximate surface area is 100 Å². The third-order valence-corrected chi connectivity index (χ3v) is 2.58. The van der Waals surface area contributed by atoms with E-state index in [0.29, 0.717) is 6.42 Å². The Morgan fingerprint density at radius 1 is 1.47 bits per heavy atom. The fourth-order valence-electron chi connectivity index (χ4n) is 1.69. The van der Waals surface area contributed by atoms with Crippen molar-refractivity contribution in [3.63, 3.8) is 0 Å². The number of likely N-dealkylation sites (N-methyl/N-ethyl adjacent to an activating group) is 1. The highest BCUT2D eigenvalue weighted by Crippen LogP contribution is 2.14. The van der Waals surface area contributed by atoms with E-state index in [2.05, 4.69) is 38.7 Å². The molecule has 2 heterocycles. The van der Waals surface area contributed by atoms with E-state index < -0.39 is 0 Å². The fourth-order valence-corrected chi connectivity index (χ4v) is 1.69. The summed E-state index contributed by atoms with van der Waals surface area (Å²) in [7, 11) is 3.67. The predicted octanol–water partition coefficient (Wildman–Crippen LogP) is 0.417. The molecule has 17 heavy (non-hydrogen) atoms. The van der Waals surface area contributed by atoms with Crippen molar-refractivity contribution in [2.45, 2.75) is 19.4 Å². The second-order valence-corrected chi connectivity index (χ2v) is 4.00. The van der Waals surface area contributed by atoms with Crippen LogP contribution in [0.25, 0.3) is 0 Å². The Hall–Kier alpha value is -1.82. The van der Waals surface area contributed by atoms with Gasteiger partial charge in [0.1, 0.15) is 0 Å². The number of pyridine rings is 1. The molecule has 0 radical (unpaired) electrons. The molecule has 2 aromatic heterocycles. The van der Waals surface area contributed by atoms with Crippen LogP contribution in [0.15, 0.2) is 18.3 Å². The highest BCUT2D eigenvalue weighted by atomic mass is 15.6. The van der Waals surface area contributed by atoms with E-state index in [4.69, 9.17) is 0 Å². The summed E-state index contributed by atoms with van der Waals surface area (Å²) in [5.74, 6) is 0.718. The van der Waals surface area contributed by atoms with Crippen LogP contribution in [-0.4, -0.2) is 32.2 Å². The minimum atomic E-state index is 0.110. The zero-order valence-corrected chi connectivity index (χ0v) is 10.3. The monoisotopic (exact) mass is 232 g/mol. The Balaban J connectivity index is 2.16. The van der Waals surface area contributed by atoms with Gasteiger partial charge in [-0.1, -0.05) is 0 Å². The average Bonchev–Trinajstić information content (AvgIpc) is 2.72. The van der Waals surface area contributed by atoms with E-state index in [1.807, 2.05) is 19.3 Å². The van der Waals surface area contributed by atoms with Gasteiger partial charge in [0.25, 0.3) is 0 Å². The van der Waals surface area contributed by atoms with E-state index in [0.717, 1.165) is 11.5 Å². The van der Waals surface area contributed by atoms with Crippen LogP contribution in [0.1, 0.15) is 23.1 Å². The maximum absolute atomic E-state index is 4.37. The number of aromatic nitrogens is 5. The summed E-state index contributed by atoms with van der Waals surface area (Å²) in [6.45, 7) is 2.05. The molecule has 0 saturated heterocycles. The Kier molecular flexibility index (Phi) is 3.43. The molecule has 0 aromatic carbocycles. The number of hydrogen-bond donors (Lipinski definition) is 1. The summed E-state index contributed by atoms with van der Waals surface area (Å²) in [5, 5.41) is 15.2. The standard InChI is InChI=1S/C11H16N6/c1-8-4-5-13-10(6-8)9(12-2)7-11-14-16-17(3)15-11/h4-6,9,12H,7H2,1-3H3. The van der Waals surface area contributed by atoms with Crippen LogP contribution in [0, 0.1) is 6.92 Å². The van der Waals surface area contributed by atoms with Crippen molar-refractivity contribution in [2.24, 2.45) is 7.05 Å². The van der Waals surface area contributed by atoms with Crippen molar-refractivity contribution in [1.29, 1.82) is 0 Å². The topological polar surface area (TPSA) is 68.5 Å². The van der Waals surface area contributed by atoms with Gasteiger partial charge in [0, 0.05) is 12.6 Å². The SMILES string of the molecule is CNC(Cc1nnn(C)n1)c1cc(C)ccn1. The summed E-state index contributed by atoms with van der Waals surface area (Å²) < 4.78 is 0. The second-order valence-electron chi connectivity index (χ2n) is 4.00. The smallest absolute Gasteiger partial charge is 0.176 e. The lowest BCUT2D eigenvalue weighted by molar-refractivity contribution is 0.556. The van der Waals surface area contributed by atoms with Crippen molar-refractivity contribution in [3.05, 3.63) is 35.4 Å². The van der Waals surface area contributed by atoms with Gasteiger partial charge in [-0.05, 0) is 36.9 Å². The molecule has 6 nitrogen and oxygen atoms in total. The first-order valence-electron chi connectivity index (χ1n) is 5.51. The molecule has 0 amide bonds. The lowest BCUT2D eigenvalue weighted by Crippen LogP contribution is -2.20. The van der Waals surface area contributed by atoms with E-state index >= 15 is 0 Å². The van der Waals surface area contributed by atoms with E-state index in [-0.39, 0.29) is 6.04 Å². The van der Waals surface area contributed by atoms with Gasteiger partial charge in [-0.3, -0.25) is 4.98 Å². The molecule has 2 aromatic rings. The molecule has 1 atom stereocenters. The van der Waals surface area contributed by atoms with Gasteiger partial charge < -0.3 is 5.32 Å². The van der Waals surface area contributed by atoms with Crippen LogP contribution in [-0.2, 0) is 13.5 Å².